The average molecular weight is 437 g/mol. The van der Waals surface area contributed by atoms with E-state index in [-0.39, 0.29) is 5.66 Å². The Balaban J connectivity index is 1.77. The Kier molecular flexibility index (Phi) is 7.63. The maximum Gasteiger partial charge on any atom is 0.0628 e. The van der Waals surface area contributed by atoms with E-state index in [2.05, 4.69) is 127 Å². The zero-order valence-corrected chi connectivity index (χ0v) is 19.2. The van der Waals surface area contributed by atoms with Crippen molar-refractivity contribution in [3.05, 3.63) is 121 Å². The van der Waals surface area contributed by atoms with Crippen molar-refractivity contribution < 1.29 is 0 Å². The second-order valence-corrected chi connectivity index (χ2v) is 12.1. The van der Waals surface area contributed by atoms with E-state index in [9.17, 15) is 5.26 Å². The highest BCUT2D eigenvalue weighted by atomic mass is 31.1. The average Bonchev–Trinajstić information content (AvgIpc) is 2.85. The lowest BCUT2D eigenvalue weighted by Gasteiger charge is -2.31. The number of nitrogens with zero attached hydrogens (tertiary/aromatic N) is 1. The van der Waals surface area contributed by atoms with Crippen LogP contribution < -0.4 is 21.2 Å². The molecule has 0 aliphatic heterocycles. The zero-order chi connectivity index (χ0) is 21.3. The molecule has 0 amide bonds. The van der Waals surface area contributed by atoms with E-state index in [0.717, 1.165) is 6.16 Å². The first-order valence-electron chi connectivity index (χ1n) is 10.5. The molecule has 0 N–H and O–H groups in total. The minimum atomic E-state index is -0.640. The number of hydrogen-bond acceptors (Lipinski definition) is 1. The lowest BCUT2D eigenvalue weighted by molar-refractivity contribution is 0.991. The predicted octanol–water partition coefficient (Wildman–Crippen LogP) is 5.53. The van der Waals surface area contributed by atoms with Gasteiger partial charge in [0.1, 0.15) is 0 Å². The number of rotatable bonds is 8. The van der Waals surface area contributed by atoms with Crippen molar-refractivity contribution in [2.24, 2.45) is 0 Å². The molecule has 0 spiro atoms. The van der Waals surface area contributed by atoms with Crippen molar-refractivity contribution in [2.75, 3.05) is 6.16 Å². The Morgan fingerprint density at radius 1 is 0.548 bits per heavy atom. The van der Waals surface area contributed by atoms with E-state index in [4.69, 9.17) is 0 Å². The summed E-state index contributed by atoms with van der Waals surface area (Å²) in [5.74, 6) is 0. The van der Waals surface area contributed by atoms with Gasteiger partial charge in [0.15, 0.2) is 0 Å². The maximum atomic E-state index is 9.80. The highest BCUT2D eigenvalue weighted by Crippen LogP contribution is 2.47. The molecule has 0 saturated heterocycles. The highest BCUT2D eigenvalue weighted by molar-refractivity contribution is 7.77. The van der Waals surface area contributed by atoms with Gasteiger partial charge >= 0.3 is 0 Å². The summed E-state index contributed by atoms with van der Waals surface area (Å²) in [6.07, 6.45) is 1.57. The van der Waals surface area contributed by atoms with Crippen LogP contribution in [0.5, 0.6) is 0 Å². The summed E-state index contributed by atoms with van der Waals surface area (Å²) in [6, 6.07) is 45.7. The normalized spacial score (nSPS) is 11.9. The van der Waals surface area contributed by atoms with Crippen LogP contribution in [0.2, 0.25) is 0 Å². The van der Waals surface area contributed by atoms with Crippen LogP contribution in [0.3, 0.4) is 0 Å². The van der Waals surface area contributed by atoms with E-state index in [1.807, 2.05) is 0 Å². The second-order valence-electron chi connectivity index (χ2n) is 7.34. The van der Waals surface area contributed by atoms with E-state index in [1.54, 1.807) is 0 Å². The van der Waals surface area contributed by atoms with E-state index in [0.29, 0.717) is 6.42 Å². The quantitative estimate of drug-likeness (QED) is 0.332. The third kappa shape index (κ3) is 5.48. The van der Waals surface area contributed by atoms with Gasteiger partial charge in [-0.1, -0.05) is 121 Å². The summed E-state index contributed by atoms with van der Waals surface area (Å²) in [4.78, 5) is 0. The van der Waals surface area contributed by atoms with Crippen LogP contribution in [0.15, 0.2) is 121 Å². The van der Waals surface area contributed by atoms with Crippen LogP contribution in [0.4, 0.5) is 0 Å². The van der Waals surface area contributed by atoms with Crippen LogP contribution in [-0.2, 0) is 0 Å². The van der Waals surface area contributed by atoms with E-state index >= 15 is 0 Å². The molecule has 0 heterocycles. The summed E-state index contributed by atoms with van der Waals surface area (Å²) in [5, 5.41) is 15.3. The summed E-state index contributed by atoms with van der Waals surface area (Å²) >= 11 is 0. The van der Waals surface area contributed by atoms with Gasteiger partial charge in [-0.2, -0.15) is 5.26 Å². The fourth-order valence-electron chi connectivity index (χ4n) is 3.88. The van der Waals surface area contributed by atoms with Gasteiger partial charge in [-0.15, -0.1) is 0 Å². The van der Waals surface area contributed by atoms with Gasteiger partial charge in [0.2, 0.25) is 0 Å². The predicted molar refractivity (Wildman–Crippen MR) is 137 cm³/mol. The number of benzene rings is 4. The Morgan fingerprint density at radius 3 is 1.26 bits per heavy atom. The van der Waals surface area contributed by atoms with E-state index < -0.39 is 15.8 Å². The first kappa shape index (κ1) is 21.5. The number of hydrogen-bond donors (Lipinski definition) is 0. The molecular formula is C28H25NP2. The second kappa shape index (κ2) is 11.0. The highest BCUT2D eigenvalue weighted by Gasteiger charge is 2.28. The third-order valence-corrected chi connectivity index (χ3v) is 11.0. The van der Waals surface area contributed by atoms with Gasteiger partial charge < -0.3 is 0 Å². The molecule has 4 rings (SSSR count). The summed E-state index contributed by atoms with van der Waals surface area (Å²) < 4.78 is 0. The van der Waals surface area contributed by atoms with Crippen molar-refractivity contribution in [1.82, 2.24) is 0 Å². The van der Waals surface area contributed by atoms with Crippen LogP contribution in [-0.4, -0.2) is 11.8 Å². The Bertz CT molecular complexity index is 1010. The molecule has 152 valence electrons. The maximum absolute atomic E-state index is 9.80. The molecule has 0 aliphatic rings. The molecule has 1 atom stereocenters. The van der Waals surface area contributed by atoms with Gasteiger partial charge in [0, 0.05) is 12.1 Å². The van der Waals surface area contributed by atoms with Crippen molar-refractivity contribution in [3.63, 3.8) is 0 Å². The first-order valence-corrected chi connectivity index (χ1v) is 13.4. The molecule has 0 radical (unpaired) electrons. The minimum absolute atomic E-state index is 0.288. The summed E-state index contributed by atoms with van der Waals surface area (Å²) in [5.41, 5.74) is 0.288. The molecule has 31 heavy (non-hydrogen) atoms. The molecule has 0 aliphatic carbocycles. The standard InChI is InChI=1S/C28H25NP2/c29-22-21-28(31(26-17-9-3-10-18-26)27-19-11-4-12-20-27)23-30(24-13-5-1-6-14-24)25-15-7-2-8-16-25/h1-20,28H,21,23H2/t28-/m0/s1. The first-order chi connectivity index (χ1) is 15.4. The molecule has 0 fully saturated rings. The van der Waals surface area contributed by atoms with Crippen LogP contribution in [0.1, 0.15) is 6.42 Å². The molecular weight excluding hydrogens is 412 g/mol. The van der Waals surface area contributed by atoms with Crippen molar-refractivity contribution in [1.29, 1.82) is 5.26 Å². The van der Waals surface area contributed by atoms with Gasteiger partial charge in [0.05, 0.1) is 6.07 Å². The topological polar surface area (TPSA) is 23.8 Å². The Hall–Kier alpha value is -2.77. The smallest absolute Gasteiger partial charge is 0.0628 e. The van der Waals surface area contributed by atoms with E-state index in [1.165, 1.54) is 21.2 Å². The SMILES string of the molecule is N#CC[C@@H](CP(c1ccccc1)c1ccccc1)P(c1ccccc1)c1ccccc1. The molecule has 0 saturated carbocycles. The molecule has 0 unspecified atom stereocenters. The Labute approximate surface area is 187 Å². The fourth-order valence-corrected chi connectivity index (χ4v) is 9.75. The van der Waals surface area contributed by atoms with Crippen molar-refractivity contribution in [3.8, 4) is 6.07 Å². The summed E-state index contributed by atoms with van der Waals surface area (Å²) in [7, 11) is -1.19. The Morgan fingerprint density at radius 2 is 0.903 bits per heavy atom. The lowest BCUT2D eigenvalue weighted by atomic mass is 10.3. The number of nitriles is 1. The molecule has 4 aromatic carbocycles. The summed E-state index contributed by atoms with van der Waals surface area (Å²) in [6.45, 7) is 0. The van der Waals surface area contributed by atoms with Gasteiger partial charge in [-0.05, 0) is 43.2 Å². The molecule has 4 aromatic rings. The minimum Gasteiger partial charge on any atom is -0.198 e. The van der Waals surface area contributed by atoms with Crippen LogP contribution >= 0.6 is 15.8 Å². The van der Waals surface area contributed by atoms with Crippen LogP contribution in [0, 0.1) is 11.3 Å². The molecule has 0 aromatic heterocycles. The lowest BCUT2D eigenvalue weighted by Crippen LogP contribution is -2.27. The zero-order valence-electron chi connectivity index (χ0n) is 17.4. The van der Waals surface area contributed by atoms with Gasteiger partial charge in [0.25, 0.3) is 0 Å². The molecule has 1 nitrogen and oxygen atoms in total. The van der Waals surface area contributed by atoms with Gasteiger partial charge in [-0.3, -0.25) is 0 Å². The van der Waals surface area contributed by atoms with Crippen LogP contribution in [0.25, 0.3) is 0 Å². The van der Waals surface area contributed by atoms with Gasteiger partial charge in [-0.25, -0.2) is 0 Å². The molecule has 3 heteroatoms. The monoisotopic (exact) mass is 437 g/mol. The third-order valence-electron chi connectivity index (χ3n) is 5.29. The fraction of sp³-hybridized carbons (Fsp3) is 0.107. The van der Waals surface area contributed by atoms with Crippen molar-refractivity contribution in [2.45, 2.75) is 12.1 Å². The van der Waals surface area contributed by atoms with Crippen molar-refractivity contribution >= 4 is 37.1 Å². The largest absolute Gasteiger partial charge is 0.198 e. The molecule has 0 bridgehead atoms.